The Bertz CT molecular complexity index is 1370. The Hall–Kier alpha value is -3.91. The van der Waals surface area contributed by atoms with Crippen LogP contribution in [0.2, 0.25) is 0 Å². The second kappa shape index (κ2) is 9.93. The normalized spacial score (nSPS) is 11.3. The maximum absolute atomic E-state index is 12.7. The molecule has 0 saturated carbocycles. The average Bonchev–Trinajstić information content (AvgIpc) is 2.85. The highest BCUT2D eigenvalue weighted by Gasteiger charge is 2.15. The summed E-state index contributed by atoms with van der Waals surface area (Å²) in [6.07, 6.45) is 1.48. The van der Waals surface area contributed by atoms with E-state index in [0.717, 1.165) is 28.3 Å². The van der Waals surface area contributed by atoms with Crippen LogP contribution in [0.15, 0.2) is 90.1 Å². The predicted octanol–water partition coefficient (Wildman–Crippen LogP) is 5.82. The summed E-state index contributed by atoms with van der Waals surface area (Å²) in [5.41, 5.74) is 3.90. The molecule has 7 nitrogen and oxygen atoms in total. The molecule has 0 radical (unpaired) electrons. The third kappa shape index (κ3) is 5.35. The lowest BCUT2D eigenvalue weighted by Crippen LogP contribution is -2.13. The molecule has 1 aromatic heterocycles. The molecular weight excluding hydrogens is 448 g/mol. The van der Waals surface area contributed by atoms with Crippen LogP contribution in [0.1, 0.15) is 25.3 Å². The van der Waals surface area contributed by atoms with Crippen molar-refractivity contribution in [2.75, 3.05) is 17.1 Å². The third-order valence-electron chi connectivity index (χ3n) is 5.32. The number of nitrogens with zero attached hydrogens (tertiary/aromatic N) is 2. The van der Waals surface area contributed by atoms with Gasteiger partial charge in [0, 0.05) is 23.0 Å². The Morgan fingerprint density at radius 1 is 0.853 bits per heavy atom. The van der Waals surface area contributed by atoms with Crippen LogP contribution in [-0.4, -0.2) is 25.5 Å². The summed E-state index contributed by atoms with van der Waals surface area (Å²) in [7, 11) is -2.05. The fourth-order valence-corrected chi connectivity index (χ4v) is 4.50. The number of hydrogen-bond acceptors (Lipinski definition) is 6. The molecule has 2 N–H and O–H groups in total. The maximum atomic E-state index is 12.7. The molecule has 0 amide bonds. The van der Waals surface area contributed by atoms with Crippen LogP contribution in [0.4, 0.5) is 17.2 Å². The van der Waals surface area contributed by atoms with Crippen molar-refractivity contribution < 1.29 is 13.2 Å². The fraction of sp³-hybridized carbons (Fsp3) is 0.154. The number of ether oxygens (including phenoxy) is 1. The minimum Gasteiger partial charge on any atom is -0.496 e. The van der Waals surface area contributed by atoms with Gasteiger partial charge < -0.3 is 10.1 Å². The van der Waals surface area contributed by atoms with Gasteiger partial charge in [0.1, 0.15) is 17.9 Å². The summed E-state index contributed by atoms with van der Waals surface area (Å²) in [5.74, 6) is 1.67. The Morgan fingerprint density at radius 3 is 2.21 bits per heavy atom. The number of aromatic nitrogens is 2. The Kier molecular flexibility index (Phi) is 6.79. The first kappa shape index (κ1) is 23.3. The molecular formula is C26H26N4O3S. The van der Waals surface area contributed by atoms with Gasteiger partial charge in [0.2, 0.25) is 0 Å². The van der Waals surface area contributed by atoms with Crippen LogP contribution in [0.3, 0.4) is 0 Å². The summed E-state index contributed by atoms with van der Waals surface area (Å²) in [5, 5.41) is 3.22. The van der Waals surface area contributed by atoms with Gasteiger partial charge in [-0.3, -0.25) is 4.72 Å². The van der Waals surface area contributed by atoms with E-state index in [1.54, 1.807) is 43.5 Å². The second-order valence-corrected chi connectivity index (χ2v) is 9.70. The zero-order chi connectivity index (χ0) is 24.1. The monoisotopic (exact) mass is 474 g/mol. The molecule has 1 heterocycles. The van der Waals surface area contributed by atoms with Crippen LogP contribution in [0.25, 0.3) is 11.3 Å². The molecule has 0 aliphatic rings. The van der Waals surface area contributed by atoms with Gasteiger partial charge in [0.25, 0.3) is 10.0 Å². The van der Waals surface area contributed by atoms with E-state index in [-0.39, 0.29) is 4.90 Å². The lowest BCUT2D eigenvalue weighted by atomic mass is 10.0. The summed E-state index contributed by atoms with van der Waals surface area (Å²) in [6, 6.07) is 23.4. The van der Waals surface area contributed by atoms with E-state index >= 15 is 0 Å². The Labute approximate surface area is 199 Å². The second-order valence-electron chi connectivity index (χ2n) is 8.02. The number of anilines is 3. The smallest absolute Gasteiger partial charge is 0.261 e. The molecule has 4 aromatic rings. The zero-order valence-electron chi connectivity index (χ0n) is 19.2. The average molecular weight is 475 g/mol. The van der Waals surface area contributed by atoms with Crippen molar-refractivity contribution in [3.05, 3.63) is 90.8 Å². The SMILES string of the molecule is COc1ccccc1-c1cc(Nc2ccc(NS(=O)(=O)c3ccc(C(C)C)cc3)cc2)ncn1. The number of benzene rings is 3. The summed E-state index contributed by atoms with van der Waals surface area (Å²) < 4.78 is 33.5. The topological polar surface area (TPSA) is 93.2 Å². The molecule has 0 aliphatic carbocycles. The van der Waals surface area contributed by atoms with Crippen molar-refractivity contribution in [2.24, 2.45) is 0 Å². The van der Waals surface area contributed by atoms with Crippen LogP contribution >= 0.6 is 0 Å². The minimum atomic E-state index is -3.67. The first-order valence-corrected chi connectivity index (χ1v) is 12.3. The summed E-state index contributed by atoms with van der Waals surface area (Å²) in [4.78, 5) is 8.86. The van der Waals surface area contributed by atoms with Gasteiger partial charge in [-0.2, -0.15) is 0 Å². The van der Waals surface area contributed by atoms with E-state index in [0.29, 0.717) is 17.4 Å². The quantitative estimate of drug-likeness (QED) is 0.334. The van der Waals surface area contributed by atoms with Crippen LogP contribution < -0.4 is 14.8 Å². The number of para-hydroxylation sites is 1. The third-order valence-corrected chi connectivity index (χ3v) is 6.71. The largest absolute Gasteiger partial charge is 0.496 e. The van der Waals surface area contributed by atoms with Crippen molar-refractivity contribution >= 4 is 27.2 Å². The van der Waals surface area contributed by atoms with E-state index in [1.165, 1.54) is 6.33 Å². The first-order chi connectivity index (χ1) is 16.4. The number of methoxy groups -OCH3 is 1. The summed E-state index contributed by atoms with van der Waals surface area (Å²) in [6.45, 7) is 4.14. The van der Waals surface area contributed by atoms with E-state index in [2.05, 4.69) is 33.9 Å². The van der Waals surface area contributed by atoms with E-state index < -0.39 is 10.0 Å². The van der Waals surface area contributed by atoms with Crippen LogP contribution in [0.5, 0.6) is 5.75 Å². The first-order valence-electron chi connectivity index (χ1n) is 10.8. The fourth-order valence-electron chi connectivity index (χ4n) is 3.44. The van der Waals surface area contributed by atoms with Gasteiger partial charge in [0.15, 0.2) is 0 Å². The standard InChI is InChI=1S/C26H26N4O3S/c1-18(2)19-8-14-22(15-9-19)34(31,32)30-21-12-10-20(11-13-21)29-26-16-24(27-17-28-26)23-6-4-5-7-25(23)33-3/h4-18,30H,1-3H3,(H,27,28,29). The van der Waals surface area contributed by atoms with E-state index in [9.17, 15) is 8.42 Å². The molecule has 0 atom stereocenters. The highest BCUT2D eigenvalue weighted by atomic mass is 32.2. The van der Waals surface area contributed by atoms with Gasteiger partial charge in [-0.05, 0) is 60.0 Å². The molecule has 0 aliphatic heterocycles. The van der Waals surface area contributed by atoms with Crippen LogP contribution in [0, 0.1) is 0 Å². The summed E-state index contributed by atoms with van der Waals surface area (Å²) >= 11 is 0. The molecule has 3 aromatic carbocycles. The molecule has 8 heteroatoms. The molecule has 34 heavy (non-hydrogen) atoms. The van der Waals surface area contributed by atoms with Crippen molar-refractivity contribution in [1.82, 2.24) is 9.97 Å². The van der Waals surface area contributed by atoms with Crippen molar-refractivity contribution in [2.45, 2.75) is 24.7 Å². The molecule has 0 saturated heterocycles. The molecule has 174 valence electrons. The minimum absolute atomic E-state index is 0.226. The lowest BCUT2D eigenvalue weighted by Gasteiger charge is -2.12. The van der Waals surface area contributed by atoms with Crippen LogP contribution in [-0.2, 0) is 10.0 Å². The lowest BCUT2D eigenvalue weighted by molar-refractivity contribution is 0.416. The molecule has 0 unspecified atom stereocenters. The maximum Gasteiger partial charge on any atom is 0.261 e. The highest BCUT2D eigenvalue weighted by molar-refractivity contribution is 7.92. The Morgan fingerprint density at radius 2 is 1.53 bits per heavy atom. The van der Waals surface area contributed by atoms with Crippen molar-refractivity contribution in [1.29, 1.82) is 0 Å². The van der Waals surface area contributed by atoms with Crippen molar-refractivity contribution in [3.63, 3.8) is 0 Å². The van der Waals surface area contributed by atoms with Gasteiger partial charge in [-0.25, -0.2) is 18.4 Å². The highest BCUT2D eigenvalue weighted by Crippen LogP contribution is 2.29. The number of rotatable bonds is 8. The van der Waals surface area contributed by atoms with Gasteiger partial charge in [-0.1, -0.05) is 38.1 Å². The van der Waals surface area contributed by atoms with Gasteiger partial charge in [-0.15, -0.1) is 0 Å². The number of hydrogen-bond donors (Lipinski definition) is 2. The number of nitrogens with one attached hydrogen (secondary N) is 2. The zero-order valence-corrected chi connectivity index (χ0v) is 20.0. The molecule has 4 rings (SSSR count). The predicted molar refractivity (Wildman–Crippen MR) is 135 cm³/mol. The van der Waals surface area contributed by atoms with Gasteiger partial charge in [0.05, 0.1) is 17.7 Å². The van der Waals surface area contributed by atoms with E-state index in [4.69, 9.17) is 4.74 Å². The number of sulfonamides is 1. The molecule has 0 fully saturated rings. The van der Waals surface area contributed by atoms with E-state index in [1.807, 2.05) is 42.5 Å². The van der Waals surface area contributed by atoms with Crippen molar-refractivity contribution in [3.8, 4) is 17.0 Å². The van der Waals surface area contributed by atoms with Gasteiger partial charge >= 0.3 is 0 Å². The molecule has 0 bridgehead atoms. The Balaban J connectivity index is 1.47. The molecule has 0 spiro atoms.